The van der Waals surface area contributed by atoms with E-state index in [9.17, 15) is 4.79 Å². The van der Waals surface area contributed by atoms with E-state index in [0.717, 1.165) is 5.56 Å². The van der Waals surface area contributed by atoms with Crippen molar-refractivity contribution in [3.8, 4) is 5.75 Å². The molecule has 0 aromatic heterocycles. The fourth-order valence-corrected chi connectivity index (χ4v) is 1.94. The first-order valence-corrected chi connectivity index (χ1v) is 6.60. The highest BCUT2D eigenvalue weighted by molar-refractivity contribution is 6.34. The van der Waals surface area contributed by atoms with E-state index < -0.39 is 0 Å². The van der Waals surface area contributed by atoms with Crippen molar-refractivity contribution >= 4 is 29.2 Å². The molecule has 2 rings (SSSR count). The number of hydrogen-bond acceptors (Lipinski definition) is 2. The van der Waals surface area contributed by atoms with Gasteiger partial charge in [0.2, 0.25) is 0 Å². The highest BCUT2D eigenvalue weighted by Crippen LogP contribution is 2.28. The van der Waals surface area contributed by atoms with E-state index in [1.807, 2.05) is 30.3 Å². The largest absolute Gasteiger partial charge is 0.425 e. The van der Waals surface area contributed by atoms with E-state index >= 15 is 0 Å². The summed E-state index contributed by atoms with van der Waals surface area (Å²) >= 11 is 11.7. The molecule has 0 N–H and O–H groups in total. The van der Waals surface area contributed by atoms with Crippen LogP contribution in [-0.2, 0) is 11.2 Å². The standard InChI is InChI=1S/C15H12Cl2O2/c16-12-7-8-13(17)14(10-12)19-15(18)9-6-11-4-2-1-3-5-11/h1-5,7-8,10H,6,9H2. The Balaban J connectivity index is 1.93. The lowest BCUT2D eigenvalue weighted by atomic mass is 10.1. The van der Waals surface area contributed by atoms with Crippen LogP contribution < -0.4 is 4.74 Å². The molecule has 2 nitrogen and oxygen atoms in total. The Hall–Kier alpha value is -1.51. The zero-order chi connectivity index (χ0) is 13.7. The quantitative estimate of drug-likeness (QED) is 0.612. The van der Waals surface area contributed by atoms with Gasteiger partial charge in [0, 0.05) is 17.5 Å². The molecule has 0 unspecified atom stereocenters. The Morgan fingerprint density at radius 2 is 1.79 bits per heavy atom. The minimum Gasteiger partial charge on any atom is -0.425 e. The predicted molar refractivity (Wildman–Crippen MR) is 76.9 cm³/mol. The Morgan fingerprint density at radius 3 is 2.53 bits per heavy atom. The monoisotopic (exact) mass is 294 g/mol. The van der Waals surface area contributed by atoms with Crippen molar-refractivity contribution in [1.29, 1.82) is 0 Å². The van der Waals surface area contributed by atoms with Crippen LogP contribution in [0.1, 0.15) is 12.0 Å². The Kier molecular flexibility index (Phi) is 4.83. The lowest BCUT2D eigenvalue weighted by molar-refractivity contribution is -0.134. The molecule has 0 radical (unpaired) electrons. The van der Waals surface area contributed by atoms with Crippen LogP contribution in [0.2, 0.25) is 10.0 Å². The van der Waals surface area contributed by atoms with Gasteiger partial charge >= 0.3 is 5.97 Å². The van der Waals surface area contributed by atoms with Crippen molar-refractivity contribution in [2.75, 3.05) is 0 Å². The molecule has 0 atom stereocenters. The molecule has 98 valence electrons. The van der Waals surface area contributed by atoms with E-state index in [1.165, 1.54) is 6.07 Å². The second-order valence-electron chi connectivity index (χ2n) is 4.03. The lowest BCUT2D eigenvalue weighted by Gasteiger charge is -2.06. The Labute approximate surface area is 121 Å². The van der Waals surface area contributed by atoms with Crippen LogP contribution in [0.25, 0.3) is 0 Å². The van der Waals surface area contributed by atoms with Crippen LogP contribution in [0.15, 0.2) is 48.5 Å². The maximum Gasteiger partial charge on any atom is 0.311 e. The third-order valence-electron chi connectivity index (χ3n) is 2.58. The summed E-state index contributed by atoms with van der Waals surface area (Å²) < 4.78 is 5.19. The number of carbonyl (C=O) groups excluding carboxylic acids is 1. The summed E-state index contributed by atoms with van der Waals surface area (Å²) in [6.07, 6.45) is 0.935. The van der Waals surface area contributed by atoms with Gasteiger partial charge in [-0.25, -0.2) is 0 Å². The normalized spacial score (nSPS) is 10.2. The van der Waals surface area contributed by atoms with Crippen LogP contribution in [-0.4, -0.2) is 5.97 Å². The van der Waals surface area contributed by atoms with Crippen molar-refractivity contribution in [1.82, 2.24) is 0 Å². The first-order valence-electron chi connectivity index (χ1n) is 5.85. The van der Waals surface area contributed by atoms with E-state index in [-0.39, 0.29) is 5.97 Å². The Morgan fingerprint density at radius 1 is 1.05 bits per heavy atom. The van der Waals surface area contributed by atoms with Crippen molar-refractivity contribution in [2.45, 2.75) is 12.8 Å². The SMILES string of the molecule is O=C(CCc1ccccc1)Oc1cc(Cl)ccc1Cl. The molecule has 0 spiro atoms. The number of esters is 1. The molecule has 0 amide bonds. The summed E-state index contributed by atoms with van der Waals surface area (Å²) in [7, 11) is 0. The van der Waals surface area contributed by atoms with Gasteiger partial charge in [-0.05, 0) is 24.1 Å². The van der Waals surface area contributed by atoms with Gasteiger partial charge in [0.1, 0.15) is 0 Å². The van der Waals surface area contributed by atoms with Gasteiger partial charge in [-0.3, -0.25) is 4.79 Å². The molecule has 0 heterocycles. The molecule has 0 aliphatic carbocycles. The first-order chi connectivity index (χ1) is 9.15. The lowest BCUT2D eigenvalue weighted by Crippen LogP contribution is -2.09. The van der Waals surface area contributed by atoms with Gasteiger partial charge in [-0.2, -0.15) is 0 Å². The molecule has 0 saturated heterocycles. The van der Waals surface area contributed by atoms with Gasteiger partial charge < -0.3 is 4.74 Å². The molecule has 4 heteroatoms. The molecule has 2 aromatic rings. The summed E-state index contributed by atoms with van der Waals surface area (Å²) in [4.78, 5) is 11.7. The smallest absolute Gasteiger partial charge is 0.311 e. The molecular formula is C15H12Cl2O2. The van der Waals surface area contributed by atoms with Gasteiger partial charge in [0.15, 0.2) is 5.75 Å². The number of carbonyl (C=O) groups is 1. The molecule has 0 fully saturated rings. The topological polar surface area (TPSA) is 26.3 Å². The fourth-order valence-electron chi connectivity index (χ4n) is 1.62. The summed E-state index contributed by atoms with van der Waals surface area (Å²) in [5.74, 6) is -0.0275. The highest BCUT2D eigenvalue weighted by atomic mass is 35.5. The molecule has 0 bridgehead atoms. The summed E-state index contributed by atoms with van der Waals surface area (Å²) in [5.41, 5.74) is 1.09. The van der Waals surface area contributed by atoms with E-state index in [1.54, 1.807) is 12.1 Å². The minimum atomic E-state index is -0.326. The van der Waals surface area contributed by atoms with Gasteiger partial charge in [-0.15, -0.1) is 0 Å². The van der Waals surface area contributed by atoms with Crippen LogP contribution in [0.5, 0.6) is 5.75 Å². The number of aryl methyl sites for hydroxylation is 1. The summed E-state index contributed by atoms with van der Waals surface area (Å²) in [6, 6.07) is 14.5. The number of benzene rings is 2. The summed E-state index contributed by atoms with van der Waals surface area (Å²) in [5, 5.41) is 0.854. The fraction of sp³-hybridized carbons (Fsp3) is 0.133. The highest BCUT2D eigenvalue weighted by Gasteiger charge is 2.09. The number of hydrogen-bond donors (Lipinski definition) is 0. The second kappa shape index (κ2) is 6.60. The number of halogens is 2. The average Bonchev–Trinajstić information content (AvgIpc) is 2.42. The van der Waals surface area contributed by atoms with Crippen LogP contribution in [0, 0.1) is 0 Å². The molecule has 0 aliphatic heterocycles. The van der Waals surface area contributed by atoms with Crippen molar-refractivity contribution < 1.29 is 9.53 Å². The Bertz CT molecular complexity index is 568. The van der Waals surface area contributed by atoms with Crippen molar-refractivity contribution in [3.63, 3.8) is 0 Å². The van der Waals surface area contributed by atoms with Gasteiger partial charge in [0.05, 0.1) is 5.02 Å². The molecule has 19 heavy (non-hydrogen) atoms. The zero-order valence-electron chi connectivity index (χ0n) is 10.1. The van der Waals surface area contributed by atoms with Gasteiger partial charge in [0.25, 0.3) is 0 Å². The van der Waals surface area contributed by atoms with Crippen molar-refractivity contribution in [3.05, 3.63) is 64.1 Å². The van der Waals surface area contributed by atoms with Crippen LogP contribution in [0.3, 0.4) is 0 Å². The zero-order valence-corrected chi connectivity index (χ0v) is 11.6. The maximum absolute atomic E-state index is 11.7. The van der Waals surface area contributed by atoms with Crippen LogP contribution >= 0.6 is 23.2 Å². The predicted octanol–water partition coefficient (Wildman–Crippen LogP) is 4.53. The third kappa shape index (κ3) is 4.27. The van der Waals surface area contributed by atoms with Crippen molar-refractivity contribution in [2.24, 2.45) is 0 Å². The third-order valence-corrected chi connectivity index (χ3v) is 3.13. The average molecular weight is 295 g/mol. The maximum atomic E-state index is 11.7. The minimum absolute atomic E-state index is 0.298. The molecular weight excluding hydrogens is 283 g/mol. The number of ether oxygens (including phenoxy) is 1. The molecule has 2 aromatic carbocycles. The van der Waals surface area contributed by atoms with E-state index in [2.05, 4.69) is 0 Å². The van der Waals surface area contributed by atoms with E-state index in [0.29, 0.717) is 28.6 Å². The van der Waals surface area contributed by atoms with E-state index in [4.69, 9.17) is 27.9 Å². The first kappa shape index (κ1) is 13.9. The molecule has 0 saturated carbocycles. The van der Waals surface area contributed by atoms with Gasteiger partial charge in [-0.1, -0.05) is 53.5 Å². The molecule has 0 aliphatic rings. The van der Waals surface area contributed by atoms with Crippen LogP contribution in [0.4, 0.5) is 0 Å². The number of rotatable bonds is 4. The second-order valence-corrected chi connectivity index (χ2v) is 4.88. The summed E-state index contributed by atoms with van der Waals surface area (Å²) in [6.45, 7) is 0.